The lowest BCUT2D eigenvalue weighted by Gasteiger charge is -2.36. The molecule has 0 spiro atoms. The van der Waals surface area contributed by atoms with E-state index in [4.69, 9.17) is 15.6 Å². The zero-order valence-corrected chi connectivity index (χ0v) is 19.3. The van der Waals surface area contributed by atoms with Crippen LogP contribution >= 0.6 is 0 Å². The predicted molar refractivity (Wildman–Crippen MR) is 126 cm³/mol. The molecule has 0 unspecified atom stereocenters. The molecule has 1 fully saturated rings. The van der Waals surface area contributed by atoms with Crippen molar-refractivity contribution in [3.8, 4) is 0 Å². The number of ether oxygens (including phenoxy) is 1. The van der Waals surface area contributed by atoms with Crippen LogP contribution in [0.1, 0.15) is 56.3 Å². The van der Waals surface area contributed by atoms with Crippen molar-refractivity contribution in [3.63, 3.8) is 0 Å². The molecule has 0 saturated carbocycles. The Balaban J connectivity index is 0.000000248. The molecule has 1 saturated heterocycles. The first-order valence-electron chi connectivity index (χ1n) is 11.3. The first-order chi connectivity index (χ1) is 16.2. The number of aliphatic hydroxyl groups excluding tert-OH is 2. The highest BCUT2D eigenvalue weighted by Gasteiger charge is 2.40. The zero-order chi connectivity index (χ0) is 25.1. The second-order valence-electron chi connectivity index (χ2n) is 8.42. The Morgan fingerprint density at radius 1 is 1.12 bits per heavy atom. The summed E-state index contributed by atoms with van der Waals surface area (Å²) in [5, 5.41) is 28.6. The van der Waals surface area contributed by atoms with E-state index >= 15 is 0 Å². The fourth-order valence-corrected chi connectivity index (χ4v) is 3.91. The van der Waals surface area contributed by atoms with Crippen molar-refractivity contribution in [1.29, 1.82) is 0 Å². The summed E-state index contributed by atoms with van der Waals surface area (Å²) >= 11 is 0. The summed E-state index contributed by atoms with van der Waals surface area (Å²) < 4.78 is 5.55. The lowest BCUT2D eigenvalue weighted by atomic mass is 9.83. The standard InChI is InChI=1S/C16H20O3.C9H12N2O4/c1-2-9-16(12-14(17)11-15(18)19-16)10-8-13-6-4-3-5-7-13;10-8(5-12)9(13)6-1-3-7(4-2-6)11(14)15/h3-7H,2,8-12H2,1H3;1-4,8-9,12-13H,5,10H2/t16-;8-,9-/m10/s1. The molecule has 1 heterocycles. The Bertz CT molecular complexity index is 931. The molecular formula is C25H32N2O7. The number of carbonyl (C=O) groups is 2. The Morgan fingerprint density at radius 3 is 2.29 bits per heavy atom. The molecule has 3 rings (SSSR count). The number of nitrogens with two attached hydrogens (primary N) is 1. The Labute approximate surface area is 198 Å². The van der Waals surface area contributed by atoms with Gasteiger partial charge < -0.3 is 20.7 Å². The van der Waals surface area contributed by atoms with Crippen LogP contribution in [0.4, 0.5) is 5.69 Å². The van der Waals surface area contributed by atoms with Crippen molar-refractivity contribution in [2.75, 3.05) is 6.61 Å². The van der Waals surface area contributed by atoms with Crippen LogP contribution in [0.5, 0.6) is 0 Å². The van der Waals surface area contributed by atoms with Gasteiger partial charge in [-0.2, -0.15) is 0 Å². The number of cyclic esters (lactones) is 1. The topological polar surface area (TPSA) is 153 Å². The highest BCUT2D eigenvalue weighted by Crippen LogP contribution is 2.33. The number of rotatable bonds is 9. The van der Waals surface area contributed by atoms with E-state index in [1.165, 1.54) is 29.8 Å². The minimum absolute atomic E-state index is 0.0118. The molecule has 1 aliphatic heterocycles. The van der Waals surface area contributed by atoms with Crippen LogP contribution in [-0.2, 0) is 20.7 Å². The molecule has 2 aromatic rings. The molecule has 0 bridgehead atoms. The summed E-state index contributed by atoms with van der Waals surface area (Å²) in [4.78, 5) is 33.0. The molecule has 184 valence electrons. The fourth-order valence-electron chi connectivity index (χ4n) is 3.91. The van der Waals surface area contributed by atoms with E-state index in [0.29, 0.717) is 12.0 Å². The summed E-state index contributed by atoms with van der Waals surface area (Å²) in [6.07, 6.45) is 2.53. The van der Waals surface area contributed by atoms with Gasteiger partial charge in [0.25, 0.3) is 5.69 Å². The molecule has 2 aromatic carbocycles. The third kappa shape index (κ3) is 8.02. The summed E-state index contributed by atoms with van der Waals surface area (Å²) in [6, 6.07) is 14.7. The number of carbonyl (C=O) groups excluding carboxylic acids is 2. The molecule has 0 aromatic heterocycles. The van der Waals surface area contributed by atoms with E-state index in [-0.39, 0.29) is 30.5 Å². The lowest BCUT2D eigenvalue weighted by Crippen LogP contribution is -2.43. The number of hydrogen-bond donors (Lipinski definition) is 3. The van der Waals surface area contributed by atoms with E-state index in [0.717, 1.165) is 25.7 Å². The average molecular weight is 473 g/mol. The van der Waals surface area contributed by atoms with Gasteiger partial charge in [-0.15, -0.1) is 0 Å². The second-order valence-corrected chi connectivity index (χ2v) is 8.42. The molecule has 0 amide bonds. The van der Waals surface area contributed by atoms with Crippen molar-refractivity contribution in [1.82, 2.24) is 0 Å². The van der Waals surface area contributed by atoms with Gasteiger partial charge in [-0.05, 0) is 42.5 Å². The van der Waals surface area contributed by atoms with Gasteiger partial charge in [0.15, 0.2) is 0 Å². The van der Waals surface area contributed by atoms with E-state index in [9.17, 15) is 24.8 Å². The van der Waals surface area contributed by atoms with Crippen LogP contribution in [0, 0.1) is 10.1 Å². The SMILES string of the molecule is CCC[C@@]1(CCc2ccccc2)CC(=O)CC(=O)O1.N[C@@H](CO)[C@@H](O)c1ccc([N+](=O)[O-])cc1. The van der Waals surface area contributed by atoms with E-state index in [1.54, 1.807) is 0 Å². The van der Waals surface area contributed by atoms with E-state index in [1.807, 2.05) is 18.2 Å². The van der Waals surface area contributed by atoms with Crippen LogP contribution in [-0.4, -0.2) is 45.1 Å². The smallest absolute Gasteiger partial charge is 0.313 e. The van der Waals surface area contributed by atoms with Crippen LogP contribution in [0.2, 0.25) is 0 Å². The highest BCUT2D eigenvalue weighted by molar-refractivity contribution is 5.98. The Hall–Kier alpha value is -3.14. The van der Waals surface area contributed by atoms with Gasteiger partial charge >= 0.3 is 5.97 Å². The van der Waals surface area contributed by atoms with Crippen molar-refractivity contribution in [3.05, 3.63) is 75.8 Å². The minimum Gasteiger partial charge on any atom is -0.458 e. The quantitative estimate of drug-likeness (QED) is 0.218. The average Bonchev–Trinajstić information content (AvgIpc) is 2.82. The van der Waals surface area contributed by atoms with Crippen molar-refractivity contribution in [2.45, 2.75) is 63.2 Å². The van der Waals surface area contributed by atoms with Crippen molar-refractivity contribution in [2.24, 2.45) is 5.73 Å². The number of ketones is 1. The van der Waals surface area contributed by atoms with E-state index in [2.05, 4.69) is 19.1 Å². The Morgan fingerprint density at radius 2 is 1.76 bits per heavy atom. The number of nitro benzene ring substituents is 1. The second kappa shape index (κ2) is 12.9. The zero-order valence-electron chi connectivity index (χ0n) is 19.3. The van der Waals surface area contributed by atoms with Crippen LogP contribution < -0.4 is 5.73 Å². The third-order valence-corrected chi connectivity index (χ3v) is 5.67. The highest BCUT2D eigenvalue weighted by atomic mass is 16.6. The maximum absolute atomic E-state index is 11.7. The number of hydrogen-bond acceptors (Lipinski definition) is 8. The lowest BCUT2D eigenvalue weighted by molar-refractivity contribution is -0.384. The normalized spacial score (nSPS) is 19.4. The molecule has 9 nitrogen and oxygen atoms in total. The molecular weight excluding hydrogens is 440 g/mol. The first kappa shape index (κ1) is 27.1. The van der Waals surface area contributed by atoms with Gasteiger partial charge in [0.1, 0.15) is 17.8 Å². The molecule has 1 aliphatic rings. The van der Waals surface area contributed by atoms with Crippen LogP contribution in [0.15, 0.2) is 54.6 Å². The van der Waals surface area contributed by atoms with Gasteiger partial charge in [-0.1, -0.05) is 43.7 Å². The predicted octanol–water partition coefficient (Wildman–Crippen LogP) is 3.01. The van der Waals surface area contributed by atoms with Crippen LogP contribution in [0.25, 0.3) is 0 Å². The van der Waals surface area contributed by atoms with Gasteiger partial charge in [0, 0.05) is 18.6 Å². The van der Waals surface area contributed by atoms with Gasteiger partial charge in [-0.25, -0.2) is 0 Å². The van der Waals surface area contributed by atoms with Gasteiger partial charge in [0.2, 0.25) is 0 Å². The summed E-state index contributed by atoms with van der Waals surface area (Å²) in [7, 11) is 0. The minimum atomic E-state index is -1.02. The number of benzene rings is 2. The molecule has 34 heavy (non-hydrogen) atoms. The summed E-state index contributed by atoms with van der Waals surface area (Å²) in [6.45, 7) is 1.70. The van der Waals surface area contributed by atoms with Crippen LogP contribution in [0.3, 0.4) is 0 Å². The monoisotopic (exact) mass is 472 g/mol. The number of nitrogens with zero attached hydrogens (tertiary/aromatic N) is 1. The number of nitro groups is 1. The summed E-state index contributed by atoms with van der Waals surface area (Å²) in [5.41, 5.74) is 6.45. The molecule has 0 aliphatic carbocycles. The third-order valence-electron chi connectivity index (χ3n) is 5.67. The van der Waals surface area contributed by atoms with Crippen molar-refractivity contribution >= 4 is 17.4 Å². The van der Waals surface area contributed by atoms with E-state index < -0.39 is 22.7 Å². The van der Waals surface area contributed by atoms with Crippen molar-refractivity contribution < 1.29 is 29.5 Å². The number of Topliss-reactive ketones (excluding diaryl/α,β-unsaturated/α-hetero) is 1. The number of aryl methyl sites for hydroxylation is 1. The molecule has 4 N–H and O–H groups in total. The fraction of sp³-hybridized carbons (Fsp3) is 0.440. The molecule has 0 radical (unpaired) electrons. The maximum Gasteiger partial charge on any atom is 0.313 e. The number of aliphatic hydroxyl groups is 2. The van der Waals surface area contributed by atoms with Gasteiger partial charge in [0.05, 0.1) is 23.7 Å². The molecule has 3 atom stereocenters. The maximum atomic E-state index is 11.7. The summed E-state index contributed by atoms with van der Waals surface area (Å²) in [5.74, 6) is -0.351. The number of non-ortho nitro benzene ring substituents is 1. The largest absolute Gasteiger partial charge is 0.458 e. The first-order valence-corrected chi connectivity index (χ1v) is 11.3. The molecule has 9 heteroatoms. The van der Waals surface area contributed by atoms with Gasteiger partial charge in [-0.3, -0.25) is 19.7 Å². The Kier molecular flexibility index (Phi) is 10.3. The number of esters is 1.